The Morgan fingerprint density at radius 1 is 0.933 bits per heavy atom. The average Bonchev–Trinajstić information content (AvgIpc) is 2.72. The Bertz CT molecular complexity index is 772. The molecule has 164 valence electrons. The van der Waals surface area contributed by atoms with Gasteiger partial charge in [-0.15, -0.1) is 0 Å². The Kier molecular flexibility index (Phi) is 7.54. The van der Waals surface area contributed by atoms with Gasteiger partial charge in [-0.1, -0.05) is 40.6 Å². The van der Waals surface area contributed by atoms with Crippen LogP contribution in [0, 0.1) is 0 Å². The maximum Gasteiger partial charge on any atom is 0.254 e. The Hall–Kier alpha value is -0.900. The van der Waals surface area contributed by atoms with Crippen molar-refractivity contribution in [2.75, 3.05) is 58.9 Å². The number of hydrogen-bond donors (Lipinski definition) is 0. The summed E-state index contributed by atoms with van der Waals surface area (Å²) in [5.41, 5.74) is 1.72. The predicted octanol–water partition coefficient (Wildman–Crippen LogP) is 2.73. The highest BCUT2D eigenvalue weighted by molar-refractivity contribution is 14.1. The normalized spacial score (nSPS) is 21.5. The molecular weight excluding hydrogens is 515 g/mol. The Labute approximate surface area is 197 Å². The number of carbonyl (C=O) groups excluding carboxylic acids is 2. The number of nitrogens with zero attached hydrogens (tertiary/aromatic N) is 4. The fourth-order valence-electron chi connectivity index (χ4n) is 4.52. The van der Waals surface area contributed by atoms with Crippen LogP contribution in [0.5, 0.6) is 0 Å². The zero-order valence-corrected chi connectivity index (χ0v) is 20.3. The van der Waals surface area contributed by atoms with E-state index in [0.29, 0.717) is 30.2 Å². The Morgan fingerprint density at radius 2 is 1.60 bits per heavy atom. The van der Waals surface area contributed by atoms with Crippen LogP contribution in [0.25, 0.3) is 0 Å². The number of rotatable bonds is 5. The van der Waals surface area contributed by atoms with Gasteiger partial charge in [0.25, 0.3) is 5.91 Å². The second kappa shape index (κ2) is 10.1. The van der Waals surface area contributed by atoms with E-state index in [2.05, 4.69) is 32.4 Å². The molecule has 1 saturated carbocycles. The maximum atomic E-state index is 12.9. The number of hydrogen-bond acceptors (Lipinski definition) is 4. The number of benzene rings is 1. The van der Waals surface area contributed by atoms with Crippen molar-refractivity contribution in [3.05, 3.63) is 34.3 Å². The maximum absolute atomic E-state index is 12.9. The molecule has 2 aliphatic heterocycles. The lowest BCUT2D eigenvalue weighted by atomic mass is 9.91. The fourth-order valence-corrected chi connectivity index (χ4v) is 5.22. The molecule has 0 unspecified atom stereocenters. The summed E-state index contributed by atoms with van der Waals surface area (Å²) in [4.78, 5) is 34.2. The summed E-state index contributed by atoms with van der Waals surface area (Å²) in [6.45, 7) is 6.94. The first-order chi connectivity index (χ1) is 14.5. The standard InChI is InChI=1S/C22H30ClIN4O2/c23-19-13-17(15-24)12-18(14-19)22(30)28-6-4-25(5-7-28)16-21(29)27-10-8-26(9-11-27)20-2-1-3-20/h12-14,20H,1-11,15-16H2. The van der Waals surface area contributed by atoms with Crippen LogP contribution >= 0.6 is 34.2 Å². The summed E-state index contributed by atoms with van der Waals surface area (Å²) in [6.07, 6.45) is 4.01. The van der Waals surface area contributed by atoms with Crippen molar-refractivity contribution in [3.8, 4) is 0 Å². The molecule has 2 amide bonds. The first-order valence-corrected chi connectivity index (χ1v) is 12.8. The monoisotopic (exact) mass is 544 g/mol. The largest absolute Gasteiger partial charge is 0.339 e. The van der Waals surface area contributed by atoms with Crippen molar-refractivity contribution in [2.24, 2.45) is 0 Å². The molecule has 0 spiro atoms. The van der Waals surface area contributed by atoms with E-state index in [9.17, 15) is 9.59 Å². The minimum absolute atomic E-state index is 0.0293. The molecule has 1 aromatic rings. The lowest BCUT2D eigenvalue weighted by Crippen LogP contribution is -2.56. The van der Waals surface area contributed by atoms with E-state index < -0.39 is 0 Å². The van der Waals surface area contributed by atoms with Crippen molar-refractivity contribution in [2.45, 2.75) is 29.7 Å². The van der Waals surface area contributed by atoms with Crippen molar-refractivity contribution in [3.63, 3.8) is 0 Å². The quantitative estimate of drug-likeness (QED) is 0.423. The van der Waals surface area contributed by atoms with Gasteiger partial charge in [-0.25, -0.2) is 0 Å². The molecule has 6 nitrogen and oxygen atoms in total. The lowest BCUT2D eigenvalue weighted by Gasteiger charge is -2.43. The molecule has 1 aromatic carbocycles. The third-order valence-corrected chi connectivity index (χ3v) is 7.73. The van der Waals surface area contributed by atoms with E-state index >= 15 is 0 Å². The molecule has 4 rings (SSSR count). The van der Waals surface area contributed by atoms with Crippen LogP contribution in [-0.2, 0) is 9.22 Å². The smallest absolute Gasteiger partial charge is 0.254 e. The van der Waals surface area contributed by atoms with E-state index in [0.717, 1.165) is 55.3 Å². The van der Waals surface area contributed by atoms with Crippen LogP contribution in [0.2, 0.25) is 5.02 Å². The van der Waals surface area contributed by atoms with Gasteiger partial charge in [0.2, 0.25) is 5.91 Å². The summed E-state index contributed by atoms with van der Waals surface area (Å²) >= 11 is 8.45. The van der Waals surface area contributed by atoms with E-state index in [1.807, 2.05) is 21.9 Å². The molecule has 0 bridgehead atoms. The SMILES string of the molecule is O=C(CN1CCN(C(=O)c2cc(Cl)cc(CI)c2)CC1)N1CCN(C2CCC2)CC1. The fraction of sp³-hybridized carbons (Fsp3) is 0.636. The highest BCUT2D eigenvalue weighted by atomic mass is 127. The molecule has 0 atom stereocenters. The van der Waals surface area contributed by atoms with Crippen LogP contribution in [0.4, 0.5) is 0 Å². The molecule has 0 N–H and O–H groups in total. The van der Waals surface area contributed by atoms with Gasteiger partial charge < -0.3 is 9.80 Å². The third-order valence-electron chi connectivity index (χ3n) is 6.64. The van der Waals surface area contributed by atoms with E-state index in [1.165, 1.54) is 19.3 Å². The van der Waals surface area contributed by atoms with Crippen LogP contribution < -0.4 is 0 Å². The summed E-state index contributed by atoms with van der Waals surface area (Å²) < 4.78 is 0.823. The number of halogens is 2. The predicted molar refractivity (Wildman–Crippen MR) is 127 cm³/mol. The van der Waals surface area contributed by atoms with Crippen molar-refractivity contribution in [1.29, 1.82) is 0 Å². The third kappa shape index (κ3) is 5.29. The summed E-state index contributed by atoms with van der Waals surface area (Å²) in [6, 6.07) is 6.35. The summed E-state index contributed by atoms with van der Waals surface area (Å²) in [5.74, 6) is 0.256. The molecule has 0 radical (unpaired) electrons. The molecule has 1 aliphatic carbocycles. The zero-order valence-electron chi connectivity index (χ0n) is 17.4. The minimum atomic E-state index is 0.0293. The molecule has 2 heterocycles. The Morgan fingerprint density at radius 3 is 2.20 bits per heavy atom. The number of alkyl halides is 1. The van der Waals surface area contributed by atoms with Gasteiger partial charge in [0.15, 0.2) is 0 Å². The van der Waals surface area contributed by atoms with Gasteiger partial charge in [0.05, 0.1) is 6.54 Å². The van der Waals surface area contributed by atoms with Crippen molar-refractivity contribution in [1.82, 2.24) is 19.6 Å². The molecule has 8 heteroatoms. The second-order valence-electron chi connectivity index (χ2n) is 8.55. The van der Waals surface area contributed by atoms with Gasteiger partial charge in [0, 0.05) is 73.4 Å². The highest BCUT2D eigenvalue weighted by Crippen LogP contribution is 2.25. The van der Waals surface area contributed by atoms with Crippen LogP contribution in [-0.4, -0.2) is 96.4 Å². The van der Waals surface area contributed by atoms with E-state index in [4.69, 9.17) is 11.6 Å². The van der Waals surface area contributed by atoms with Gasteiger partial charge in [-0.2, -0.15) is 0 Å². The first kappa shape index (κ1) is 22.3. The molecule has 0 aromatic heterocycles. The van der Waals surface area contributed by atoms with Crippen molar-refractivity contribution >= 4 is 46.0 Å². The van der Waals surface area contributed by atoms with Gasteiger partial charge in [-0.05, 0) is 36.6 Å². The van der Waals surface area contributed by atoms with Crippen LogP contribution in [0.15, 0.2) is 18.2 Å². The van der Waals surface area contributed by atoms with Crippen molar-refractivity contribution < 1.29 is 9.59 Å². The second-order valence-corrected chi connectivity index (χ2v) is 9.75. The molecule has 2 saturated heterocycles. The summed E-state index contributed by atoms with van der Waals surface area (Å²) in [7, 11) is 0. The van der Waals surface area contributed by atoms with Gasteiger partial charge in [-0.3, -0.25) is 19.4 Å². The number of piperazine rings is 2. The molecule has 30 heavy (non-hydrogen) atoms. The van der Waals surface area contributed by atoms with Gasteiger partial charge >= 0.3 is 0 Å². The van der Waals surface area contributed by atoms with Crippen LogP contribution in [0.3, 0.4) is 0 Å². The van der Waals surface area contributed by atoms with Crippen LogP contribution in [0.1, 0.15) is 35.2 Å². The topological polar surface area (TPSA) is 47.1 Å². The highest BCUT2D eigenvalue weighted by Gasteiger charge is 2.30. The summed E-state index contributed by atoms with van der Waals surface area (Å²) in [5, 5.41) is 0.606. The molecule has 3 aliphatic rings. The molecular formula is C22H30ClIN4O2. The first-order valence-electron chi connectivity index (χ1n) is 10.9. The average molecular weight is 545 g/mol. The number of carbonyl (C=O) groups is 2. The zero-order chi connectivity index (χ0) is 21.1. The minimum Gasteiger partial charge on any atom is -0.339 e. The van der Waals surface area contributed by atoms with E-state index in [1.54, 1.807) is 6.07 Å². The van der Waals surface area contributed by atoms with Gasteiger partial charge in [0.1, 0.15) is 0 Å². The molecule has 3 fully saturated rings. The Balaban J connectivity index is 1.23. The van der Waals surface area contributed by atoms with E-state index in [-0.39, 0.29) is 11.8 Å². The number of amides is 2. The lowest BCUT2D eigenvalue weighted by molar-refractivity contribution is -0.135.